The maximum absolute atomic E-state index is 10.9. The second-order valence-corrected chi connectivity index (χ2v) is 2.84. The van der Waals surface area contributed by atoms with E-state index in [2.05, 4.69) is 12.1 Å². The van der Waals surface area contributed by atoms with Gasteiger partial charge in [0.1, 0.15) is 0 Å². The highest BCUT2D eigenvalue weighted by Crippen LogP contribution is 1.93. The molecule has 4 nitrogen and oxygen atoms in total. The summed E-state index contributed by atoms with van der Waals surface area (Å²) in [6.45, 7) is 5.75. The highest BCUT2D eigenvalue weighted by molar-refractivity contribution is 5.91. The van der Waals surface area contributed by atoms with Crippen LogP contribution in [0.25, 0.3) is 0 Å². The van der Waals surface area contributed by atoms with Gasteiger partial charge in [0.2, 0.25) is 0 Å². The van der Waals surface area contributed by atoms with Gasteiger partial charge in [-0.2, -0.15) is 0 Å². The molecule has 0 aromatic heterocycles. The molecule has 0 spiro atoms. The molecule has 4 heteroatoms. The lowest BCUT2D eigenvalue weighted by molar-refractivity contribution is -0.129. The molecule has 1 amide bonds. The topological polar surface area (TPSA) is 58.6 Å². The summed E-state index contributed by atoms with van der Waals surface area (Å²) in [5.41, 5.74) is 2.68. The molecule has 0 bridgehead atoms. The van der Waals surface area contributed by atoms with E-state index < -0.39 is 0 Å². The average molecular weight is 187 g/mol. The lowest BCUT2D eigenvalue weighted by Gasteiger charge is -2.04. The zero-order chi connectivity index (χ0) is 10.1. The molecule has 0 radical (unpaired) electrons. The van der Waals surface area contributed by atoms with Crippen LogP contribution >= 0.6 is 0 Å². The molecule has 0 aromatic carbocycles. The fourth-order valence-electron chi connectivity index (χ4n) is 0.667. The Bertz CT molecular complexity index is 168. The molecule has 0 aliphatic carbocycles. The number of aliphatic hydroxyl groups is 1. The van der Waals surface area contributed by atoms with Crippen molar-refractivity contribution in [2.45, 2.75) is 26.2 Å². The zero-order valence-corrected chi connectivity index (χ0v) is 8.01. The number of unbranched alkanes of at least 4 members (excludes halogenated alkanes) is 2. The van der Waals surface area contributed by atoms with E-state index in [1.54, 1.807) is 6.92 Å². The molecule has 0 atom stereocenters. The van der Waals surface area contributed by atoms with Crippen molar-refractivity contribution in [2.24, 2.45) is 0 Å². The van der Waals surface area contributed by atoms with Gasteiger partial charge in [-0.15, -0.1) is 0 Å². The van der Waals surface area contributed by atoms with E-state index in [4.69, 9.17) is 9.94 Å². The van der Waals surface area contributed by atoms with Crippen LogP contribution in [0, 0.1) is 0 Å². The molecule has 0 saturated carbocycles. The van der Waals surface area contributed by atoms with E-state index in [1.807, 2.05) is 0 Å². The largest absolute Gasteiger partial charge is 0.396 e. The van der Waals surface area contributed by atoms with Crippen LogP contribution < -0.4 is 5.48 Å². The summed E-state index contributed by atoms with van der Waals surface area (Å²) in [6.07, 6.45) is 2.51. The number of hydroxylamine groups is 1. The van der Waals surface area contributed by atoms with Crippen LogP contribution in [0.4, 0.5) is 0 Å². The van der Waals surface area contributed by atoms with Crippen LogP contribution in [-0.2, 0) is 9.63 Å². The lowest BCUT2D eigenvalue weighted by Crippen LogP contribution is -2.24. The maximum Gasteiger partial charge on any atom is 0.269 e. The van der Waals surface area contributed by atoms with Crippen molar-refractivity contribution in [1.82, 2.24) is 5.48 Å². The summed E-state index contributed by atoms with van der Waals surface area (Å²) < 4.78 is 0. The zero-order valence-electron chi connectivity index (χ0n) is 8.01. The Morgan fingerprint density at radius 2 is 2.15 bits per heavy atom. The van der Waals surface area contributed by atoms with Crippen molar-refractivity contribution in [2.75, 3.05) is 13.2 Å². The Balaban J connectivity index is 3.16. The Kier molecular flexibility index (Phi) is 7.24. The molecule has 76 valence electrons. The monoisotopic (exact) mass is 187 g/mol. The van der Waals surface area contributed by atoms with Gasteiger partial charge in [-0.1, -0.05) is 6.58 Å². The number of aliphatic hydroxyl groups excluding tert-OH is 1. The van der Waals surface area contributed by atoms with Crippen molar-refractivity contribution in [3.63, 3.8) is 0 Å². The minimum absolute atomic E-state index is 0.206. The predicted octanol–water partition coefficient (Wildman–Crippen LogP) is 0.773. The molecule has 0 heterocycles. The van der Waals surface area contributed by atoms with Crippen molar-refractivity contribution < 1.29 is 14.7 Å². The first-order valence-electron chi connectivity index (χ1n) is 4.37. The molecule has 0 rings (SSSR count). The summed E-state index contributed by atoms with van der Waals surface area (Å²) in [5.74, 6) is -0.290. The van der Waals surface area contributed by atoms with Crippen molar-refractivity contribution in [3.05, 3.63) is 12.2 Å². The Hall–Kier alpha value is -0.870. The first-order chi connectivity index (χ1) is 6.18. The van der Waals surface area contributed by atoms with Gasteiger partial charge in [-0.25, -0.2) is 5.48 Å². The molecular formula is C9H17NO3. The molecule has 2 N–H and O–H groups in total. The van der Waals surface area contributed by atoms with E-state index in [-0.39, 0.29) is 12.5 Å². The highest BCUT2D eigenvalue weighted by Gasteiger charge is 1.99. The van der Waals surface area contributed by atoms with Crippen LogP contribution in [0.2, 0.25) is 0 Å². The fourth-order valence-corrected chi connectivity index (χ4v) is 0.667. The number of amides is 1. The summed E-state index contributed by atoms with van der Waals surface area (Å²) in [5, 5.41) is 8.46. The number of hydrogen-bond donors (Lipinski definition) is 2. The number of carbonyl (C=O) groups excluding carboxylic acids is 1. The summed E-state index contributed by atoms with van der Waals surface area (Å²) in [4.78, 5) is 15.7. The summed E-state index contributed by atoms with van der Waals surface area (Å²) >= 11 is 0. The highest BCUT2D eigenvalue weighted by atomic mass is 16.6. The molecule has 0 fully saturated rings. The summed E-state index contributed by atoms with van der Waals surface area (Å²) in [7, 11) is 0. The second-order valence-electron chi connectivity index (χ2n) is 2.84. The average Bonchev–Trinajstić information content (AvgIpc) is 2.10. The first kappa shape index (κ1) is 12.1. The van der Waals surface area contributed by atoms with E-state index in [9.17, 15) is 4.79 Å². The van der Waals surface area contributed by atoms with Crippen LogP contribution in [0.5, 0.6) is 0 Å². The fraction of sp³-hybridized carbons (Fsp3) is 0.667. The van der Waals surface area contributed by atoms with Gasteiger partial charge in [0.15, 0.2) is 0 Å². The third-order valence-electron chi connectivity index (χ3n) is 1.46. The summed E-state index contributed by atoms with van der Waals surface area (Å²) in [6, 6.07) is 0. The quantitative estimate of drug-likeness (QED) is 0.351. The Morgan fingerprint density at radius 1 is 1.46 bits per heavy atom. The molecule has 0 aliphatic heterocycles. The van der Waals surface area contributed by atoms with Crippen molar-refractivity contribution in [3.8, 4) is 0 Å². The van der Waals surface area contributed by atoms with E-state index in [1.165, 1.54) is 0 Å². The first-order valence-corrected chi connectivity index (χ1v) is 4.37. The van der Waals surface area contributed by atoms with Gasteiger partial charge in [0.25, 0.3) is 5.91 Å². The van der Waals surface area contributed by atoms with Gasteiger partial charge in [0.05, 0.1) is 6.61 Å². The Morgan fingerprint density at radius 3 is 2.69 bits per heavy atom. The lowest BCUT2D eigenvalue weighted by atomic mass is 10.2. The normalized spacial score (nSPS) is 9.69. The maximum atomic E-state index is 10.9. The van der Waals surface area contributed by atoms with Crippen molar-refractivity contribution in [1.29, 1.82) is 0 Å². The van der Waals surface area contributed by atoms with Crippen LogP contribution in [0.1, 0.15) is 26.2 Å². The van der Waals surface area contributed by atoms with E-state index >= 15 is 0 Å². The standard InChI is InChI=1S/C9H17NO3/c1-8(2)9(12)10-13-7-5-3-4-6-11/h11H,1,3-7H2,2H3,(H,10,12). The SMILES string of the molecule is C=C(C)C(=O)NOCCCCCO. The number of nitrogens with one attached hydrogen (secondary N) is 1. The van der Waals surface area contributed by atoms with E-state index in [0.29, 0.717) is 12.2 Å². The van der Waals surface area contributed by atoms with Crippen molar-refractivity contribution >= 4 is 5.91 Å². The third-order valence-corrected chi connectivity index (χ3v) is 1.46. The van der Waals surface area contributed by atoms with Crippen LogP contribution in [0.3, 0.4) is 0 Å². The van der Waals surface area contributed by atoms with Gasteiger partial charge < -0.3 is 5.11 Å². The minimum Gasteiger partial charge on any atom is -0.396 e. The third kappa shape index (κ3) is 7.49. The molecule has 0 unspecified atom stereocenters. The molecule has 0 aromatic rings. The van der Waals surface area contributed by atoms with Crippen LogP contribution in [-0.4, -0.2) is 24.2 Å². The van der Waals surface area contributed by atoms with E-state index in [0.717, 1.165) is 19.3 Å². The van der Waals surface area contributed by atoms with Gasteiger partial charge in [-0.3, -0.25) is 9.63 Å². The smallest absolute Gasteiger partial charge is 0.269 e. The molecule has 0 saturated heterocycles. The van der Waals surface area contributed by atoms with Gasteiger partial charge in [-0.05, 0) is 26.2 Å². The number of hydrogen-bond acceptors (Lipinski definition) is 3. The molecule has 13 heavy (non-hydrogen) atoms. The molecular weight excluding hydrogens is 170 g/mol. The predicted molar refractivity (Wildman–Crippen MR) is 49.8 cm³/mol. The Labute approximate surface area is 78.5 Å². The van der Waals surface area contributed by atoms with Gasteiger partial charge in [0, 0.05) is 12.2 Å². The second kappa shape index (κ2) is 7.76. The number of rotatable bonds is 7. The minimum atomic E-state index is -0.290. The van der Waals surface area contributed by atoms with Crippen LogP contribution in [0.15, 0.2) is 12.2 Å². The van der Waals surface area contributed by atoms with Gasteiger partial charge >= 0.3 is 0 Å². The number of carbonyl (C=O) groups is 1. The molecule has 0 aliphatic rings.